The van der Waals surface area contributed by atoms with E-state index in [2.05, 4.69) is 36.0 Å². The lowest BCUT2D eigenvalue weighted by molar-refractivity contribution is 0.0363. The smallest absolute Gasteiger partial charge is 0.0277 e. The molecule has 0 amide bonds. The Kier molecular flexibility index (Phi) is 3.33. The molecule has 88 valence electrons. The molecule has 15 heavy (non-hydrogen) atoms. The van der Waals surface area contributed by atoms with Gasteiger partial charge in [0.1, 0.15) is 0 Å². The van der Waals surface area contributed by atoms with E-state index in [1.807, 2.05) is 0 Å². The van der Waals surface area contributed by atoms with Crippen molar-refractivity contribution in [1.82, 2.24) is 15.1 Å². The van der Waals surface area contributed by atoms with Gasteiger partial charge in [-0.1, -0.05) is 0 Å². The summed E-state index contributed by atoms with van der Waals surface area (Å²) in [5, 5.41) is 3.59. The zero-order valence-corrected chi connectivity index (χ0v) is 10.4. The van der Waals surface area contributed by atoms with E-state index in [-0.39, 0.29) is 0 Å². The van der Waals surface area contributed by atoms with E-state index in [0.717, 1.165) is 6.04 Å². The topological polar surface area (TPSA) is 18.5 Å². The quantitative estimate of drug-likeness (QED) is 0.728. The van der Waals surface area contributed by atoms with E-state index in [4.69, 9.17) is 0 Å². The summed E-state index contributed by atoms with van der Waals surface area (Å²) < 4.78 is 0. The molecule has 2 rings (SSSR count). The highest BCUT2D eigenvalue weighted by molar-refractivity contribution is 4.90. The number of nitrogens with zero attached hydrogens (tertiary/aromatic N) is 2. The molecule has 1 N–H and O–H groups in total. The molecule has 2 aliphatic rings. The first-order valence-corrected chi connectivity index (χ1v) is 6.25. The Bertz CT molecular complexity index is 209. The Morgan fingerprint density at radius 2 is 2.13 bits per heavy atom. The van der Waals surface area contributed by atoms with E-state index >= 15 is 0 Å². The van der Waals surface area contributed by atoms with Gasteiger partial charge in [-0.05, 0) is 40.3 Å². The SMILES string of the molecule is CN1CCN(CC2CCCN2)CC1(C)C. The molecule has 3 heteroatoms. The van der Waals surface area contributed by atoms with Crippen LogP contribution >= 0.6 is 0 Å². The highest BCUT2D eigenvalue weighted by Gasteiger charge is 2.32. The Morgan fingerprint density at radius 1 is 1.33 bits per heavy atom. The third-order valence-electron chi connectivity index (χ3n) is 4.04. The number of piperazine rings is 1. The van der Waals surface area contributed by atoms with Crippen molar-refractivity contribution < 1.29 is 0 Å². The zero-order chi connectivity index (χ0) is 10.9. The molecule has 2 heterocycles. The van der Waals surface area contributed by atoms with Crippen molar-refractivity contribution in [3.8, 4) is 0 Å². The van der Waals surface area contributed by atoms with Crippen LogP contribution in [0.5, 0.6) is 0 Å². The van der Waals surface area contributed by atoms with Gasteiger partial charge in [-0.15, -0.1) is 0 Å². The van der Waals surface area contributed by atoms with Crippen molar-refractivity contribution in [1.29, 1.82) is 0 Å². The second kappa shape index (κ2) is 4.40. The predicted octanol–water partition coefficient (Wildman–Crippen LogP) is 0.764. The van der Waals surface area contributed by atoms with Crippen LogP contribution in [0.1, 0.15) is 26.7 Å². The number of hydrogen-bond donors (Lipinski definition) is 1. The number of hydrogen-bond acceptors (Lipinski definition) is 3. The monoisotopic (exact) mass is 211 g/mol. The van der Waals surface area contributed by atoms with Gasteiger partial charge >= 0.3 is 0 Å². The summed E-state index contributed by atoms with van der Waals surface area (Å²) in [4.78, 5) is 5.11. The highest BCUT2D eigenvalue weighted by atomic mass is 15.3. The first-order valence-electron chi connectivity index (χ1n) is 6.25. The summed E-state index contributed by atoms with van der Waals surface area (Å²) in [7, 11) is 2.24. The summed E-state index contributed by atoms with van der Waals surface area (Å²) >= 11 is 0. The molecule has 2 saturated heterocycles. The van der Waals surface area contributed by atoms with Gasteiger partial charge in [0.05, 0.1) is 0 Å². The predicted molar refractivity (Wildman–Crippen MR) is 64.2 cm³/mol. The maximum absolute atomic E-state index is 3.59. The van der Waals surface area contributed by atoms with Gasteiger partial charge in [0.15, 0.2) is 0 Å². The van der Waals surface area contributed by atoms with Crippen LogP contribution in [0.15, 0.2) is 0 Å². The summed E-state index contributed by atoms with van der Waals surface area (Å²) in [5.74, 6) is 0. The van der Waals surface area contributed by atoms with Crippen LogP contribution in [0, 0.1) is 0 Å². The molecular weight excluding hydrogens is 186 g/mol. The molecule has 3 nitrogen and oxygen atoms in total. The van der Waals surface area contributed by atoms with E-state index in [0.29, 0.717) is 5.54 Å². The molecule has 0 spiro atoms. The lowest BCUT2D eigenvalue weighted by atomic mass is 9.99. The van der Waals surface area contributed by atoms with Crippen LogP contribution in [-0.4, -0.2) is 61.2 Å². The van der Waals surface area contributed by atoms with Gasteiger partial charge in [0.25, 0.3) is 0 Å². The maximum atomic E-state index is 3.59. The first kappa shape index (κ1) is 11.4. The van der Waals surface area contributed by atoms with Crippen molar-refractivity contribution in [3.63, 3.8) is 0 Å². The van der Waals surface area contributed by atoms with Crippen LogP contribution in [0.25, 0.3) is 0 Å². The molecule has 1 atom stereocenters. The molecule has 0 aromatic rings. The van der Waals surface area contributed by atoms with Crippen molar-refractivity contribution in [2.75, 3.05) is 39.8 Å². The number of likely N-dealkylation sites (N-methyl/N-ethyl adjacent to an activating group) is 1. The second-order valence-corrected chi connectivity index (χ2v) is 5.76. The highest BCUT2D eigenvalue weighted by Crippen LogP contribution is 2.19. The van der Waals surface area contributed by atoms with Crippen molar-refractivity contribution in [2.45, 2.75) is 38.3 Å². The Labute approximate surface area is 93.8 Å². The zero-order valence-electron chi connectivity index (χ0n) is 10.4. The van der Waals surface area contributed by atoms with Gasteiger partial charge in [-0.3, -0.25) is 9.80 Å². The number of rotatable bonds is 2. The van der Waals surface area contributed by atoms with Gasteiger partial charge in [0, 0.05) is 37.8 Å². The van der Waals surface area contributed by atoms with E-state index < -0.39 is 0 Å². The van der Waals surface area contributed by atoms with Gasteiger partial charge in [0.2, 0.25) is 0 Å². The third-order valence-corrected chi connectivity index (χ3v) is 4.04. The summed E-state index contributed by atoms with van der Waals surface area (Å²) in [6.07, 6.45) is 2.73. The van der Waals surface area contributed by atoms with E-state index in [1.165, 1.54) is 45.6 Å². The minimum absolute atomic E-state index is 0.344. The van der Waals surface area contributed by atoms with Crippen LogP contribution in [0.3, 0.4) is 0 Å². The van der Waals surface area contributed by atoms with Crippen molar-refractivity contribution in [2.24, 2.45) is 0 Å². The molecule has 0 bridgehead atoms. The van der Waals surface area contributed by atoms with E-state index in [9.17, 15) is 0 Å². The van der Waals surface area contributed by atoms with Crippen molar-refractivity contribution in [3.05, 3.63) is 0 Å². The minimum atomic E-state index is 0.344. The molecule has 0 aliphatic carbocycles. The fourth-order valence-corrected chi connectivity index (χ4v) is 2.72. The normalized spacial score (nSPS) is 33.4. The van der Waals surface area contributed by atoms with Crippen molar-refractivity contribution >= 4 is 0 Å². The summed E-state index contributed by atoms with van der Waals surface area (Å²) in [6.45, 7) is 10.8. The molecule has 2 fully saturated rings. The van der Waals surface area contributed by atoms with Gasteiger partial charge < -0.3 is 5.32 Å². The second-order valence-electron chi connectivity index (χ2n) is 5.76. The fraction of sp³-hybridized carbons (Fsp3) is 1.00. The van der Waals surface area contributed by atoms with Crippen LogP contribution in [0.4, 0.5) is 0 Å². The third kappa shape index (κ3) is 2.71. The summed E-state index contributed by atoms with van der Waals surface area (Å²) in [6, 6.07) is 0.754. The first-order chi connectivity index (χ1) is 7.08. The maximum Gasteiger partial charge on any atom is 0.0277 e. The average Bonchev–Trinajstić information content (AvgIpc) is 2.63. The lowest BCUT2D eigenvalue weighted by Gasteiger charge is -2.46. The molecule has 0 aromatic heterocycles. The van der Waals surface area contributed by atoms with Gasteiger partial charge in [-0.2, -0.15) is 0 Å². The number of nitrogens with one attached hydrogen (secondary N) is 1. The standard InChI is InChI=1S/C12H25N3/c1-12(2)10-15(8-7-14(12)3)9-11-5-4-6-13-11/h11,13H,4-10H2,1-3H3. The Balaban J connectivity index is 1.83. The molecular formula is C12H25N3. The van der Waals surface area contributed by atoms with Crippen LogP contribution < -0.4 is 5.32 Å². The molecule has 2 aliphatic heterocycles. The van der Waals surface area contributed by atoms with Crippen LogP contribution in [0.2, 0.25) is 0 Å². The average molecular weight is 211 g/mol. The largest absolute Gasteiger partial charge is 0.313 e. The van der Waals surface area contributed by atoms with E-state index in [1.54, 1.807) is 0 Å². The molecule has 0 aromatic carbocycles. The Morgan fingerprint density at radius 3 is 2.73 bits per heavy atom. The lowest BCUT2D eigenvalue weighted by Crippen LogP contribution is -2.59. The minimum Gasteiger partial charge on any atom is -0.313 e. The fourth-order valence-electron chi connectivity index (χ4n) is 2.72. The summed E-state index contributed by atoms with van der Waals surface area (Å²) in [5.41, 5.74) is 0.344. The Hall–Kier alpha value is -0.120. The molecule has 1 unspecified atom stereocenters. The van der Waals surface area contributed by atoms with Crippen LogP contribution in [-0.2, 0) is 0 Å². The van der Waals surface area contributed by atoms with Gasteiger partial charge in [-0.25, -0.2) is 0 Å². The molecule has 0 saturated carbocycles. The molecule has 0 radical (unpaired) electrons.